The van der Waals surface area contributed by atoms with E-state index in [2.05, 4.69) is 4.90 Å². The van der Waals surface area contributed by atoms with Crippen molar-refractivity contribution in [1.29, 1.82) is 0 Å². The highest BCUT2D eigenvalue weighted by Crippen LogP contribution is 2.28. The molecular formula is C12H15FN2S. The van der Waals surface area contributed by atoms with Crippen LogP contribution in [0.15, 0.2) is 18.2 Å². The largest absolute Gasteiger partial charge is 0.389 e. The van der Waals surface area contributed by atoms with Gasteiger partial charge in [-0.15, -0.1) is 0 Å². The summed E-state index contributed by atoms with van der Waals surface area (Å²) in [6, 6.07) is 5.58. The zero-order valence-electron chi connectivity index (χ0n) is 9.24. The molecule has 0 spiro atoms. The van der Waals surface area contributed by atoms with Crippen LogP contribution >= 0.6 is 12.2 Å². The summed E-state index contributed by atoms with van der Waals surface area (Å²) < 4.78 is 13.7. The zero-order valence-corrected chi connectivity index (χ0v) is 10.1. The smallest absolute Gasteiger partial charge is 0.135 e. The first-order valence-electron chi connectivity index (χ1n) is 5.42. The molecule has 0 amide bonds. The van der Waals surface area contributed by atoms with Gasteiger partial charge in [0.1, 0.15) is 10.8 Å². The van der Waals surface area contributed by atoms with Gasteiger partial charge in [0.25, 0.3) is 0 Å². The molecule has 0 aliphatic heterocycles. The second-order valence-electron chi connectivity index (χ2n) is 4.22. The van der Waals surface area contributed by atoms with E-state index in [1.54, 1.807) is 6.07 Å². The van der Waals surface area contributed by atoms with Crippen LogP contribution in [0.5, 0.6) is 0 Å². The summed E-state index contributed by atoms with van der Waals surface area (Å²) in [5.41, 5.74) is 6.63. The molecule has 1 aliphatic carbocycles. The van der Waals surface area contributed by atoms with Crippen molar-refractivity contribution in [3.8, 4) is 0 Å². The molecule has 0 bridgehead atoms. The first-order valence-corrected chi connectivity index (χ1v) is 5.82. The third-order valence-electron chi connectivity index (χ3n) is 3.25. The summed E-state index contributed by atoms with van der Waals surface area (Å²) in [5, 5.41) is 0. The summed E-state index contributed by atoms with van der Waals surface area (Å²) >= 11 is 4.77. The Balaban J connectivity index is 2.22. The Morgan fingerprint density at radius 1 is 1.50 bits per heavy atom. The van der Waals surface area contributed by atoms with Gasteiger partial charge in [-0.1, -0.05) is 12.2 Å². The lowest BCUT2D eigenvalue weighted by molar-refractivity contribution is 0.401. The Bertz CT molecular complexity index is 415. The molecule has 1 saturated carbocycles. The minimum Gasteiger partial charge on any atom is -0.389 e. The second-order valence-corrected chi connectivity index (χ2v) is 4.66. The van der Waals surface area contributed by atoms with Gasteiger partial charge in [-0.05, 0) is 37.5 Å². The number of anilines is 1. The minimum atomic E-state index is -0.337. The van der Waals surface area contributed by atoms with E-state index in [-0.39, 0.29) is 10.8 Å². The molecule has 2 N–H and O–H groups in total. The summed E-state index contributed by atoms with van der Waals surface area (Å²) in [7, 11) is 2.00. The number of rotatable bonds is 3. The standard InChI is InChI=1S/C12H15FN2S/c1-15(8-3-2-4-8)9-5-6-10(12(14)16)11(13)7-9/h5-8H,2-4H2,1H3,(H2,14,16). The van der Waals surface area contributed by atoms with Crippen LogP contribution in [-0.2, 0) is 0 Å². The molecular weight excluding hydrogens is 223 g/mol. The number of halogens is 1. The van der Waals surface area contributed by atoms with E-state index >= 15 is 0 Å². The molecule has 2 nitrogen and oxygen atoms in total. The van der Waals surface area contributed by atoms with Gasteiger partial charge in [0.2, 0.25) is 0 Å². The lowest BCUT2D eigenvalue weighted by Crippen LogP contribution is -2.37. The third kappa shape index (κ3) is 2.02. The van der Waals surface area contributed by atoms with Gasteiger partial charge >= 0.3 is 0 Å². The quantitative estimate of drug-likeness (QED) is 0.820. The highest BCUT2D eigenvalue weighted by Gasteiger charge is 2.22. The maximum Gasteiger partial charge on any atom is 0.135 e. The number of thiocarbonyl (C=S) groups is 1. The van der Waals surface area contributed by atoms with E-state index in [9.17, 15) is 4.39 Å². The van der Waals surface area contributed by atoms with Gasteiger partial charge in [0, 0.05) is 24.3 Å². The maximum atomic E-state index is 13.7. The monoisotopic (exact) mass is 238 g/mol. The van der Waals surface area contributed by atoms with E-state index in [1.807, 2.05) is 13.1 Å². The van der Waals surface area contributed by atoms with Gasteiger partial charge in [-0.2, -0.15) is 0 Å². The van der Waals surface area contributed by atoms with E-state index in [0.29, 0.717) is 11.6 Å². The van der Waals surface area contributed by atoms with Crippen molar-refractivity contribution in [2.45, 2.75) is 25.3 Å². The molecule has 1 aromatic carbocycles. The van der Waals surface area contributed by atoms with E-state index in [0.717, 1.165) is 5.69 Å². The third-order valence-corrected chi connectivity index (χ3v) is 3.47. The van der Waals surface area contributed by atoms with Crippen molar-refractivity contribution >= 4 is 22.9 Å². The summed E-state index contributed by atoms with van der Waals surface area (Å²) in [5.74, 6) is -0.337. The normalized spacial score (nSPS) is 15.6. The van der Waals surface area contributed by atoms with Crippen LogP contribution in [0.1, 0.15) is 24.8 Å². The van der Waals surface area contributed by atoms with Gasteiger partial charge in [0.15, 0.2) is 0 Å². The first kappa shape index (κ1) is 11.3. The van der Waals surface area contributed by atoms with Crippen molar-refractivity contribution in [2.24, 2.45) is 5.73 Å². The number of nitrogens with two attached hydrogens (primary N) is 1. The fourth-order valence-corrected chi connectivity index (χ4v) is 2.07. The molecule has 2 rings (SSSR count). The van der Waals surface area contributed by atoms with Crippen LogP contribution < -0.4 is 10.6 Å². The van der Waals surface area contributed by atoms with Crippen molar-refractivity contribution in [1.82, 2.24) is 0 Å². The van der Waals surface area contributed by atoms with Crippen molar-refractivity contribution in [3.05, 3.63) is 29.6 Å². The molecule has 86 valence electrons. The predicted octanol–water partition coefficient (Wildman–Crippen LogP) is 2.45. The van der Waals surface area contributed by atoms with Gasteiger partial charge in [-0.25, -0.2) is 4.39 Å². The molecule has 1 aromatic rings. The van der Waals surface area contributed by atoms with E-state index in [1.165, 1.54) is 25.3 Å². The number of hydrogen-bond donors (Lipinski definition) is 1. The van der Waals surface area contributed by atoms with Crippen LogP contribution in [0.2, 0.25) is 0 Å². The second kappa shape index (κ2) is 4.37. The number of nitrogens with zero attached hydrogens (tertiary/aromatic N) is 1. The maximum absolute atomic E-state index is 13.7. The van der Waals surface area contributed by atoms with E-state index < -0.39 is 0 Å². The van der Waals surface area contributed by atoms with Crippen molar-refractivity contribution in [2.75, 3.05) is 11.9 Å². The molecule has 16 heavy (non-hydrogen) atoms. The number of hydrogen-bond acceptors (Lipinski definition) is 2. The lowest BCUT2D eigenvalue weighted by atomic mass is 9.91. The van der Waals surface area contributed by atoms with E-state index in [4.69, 9.17) is 18.0 Å². The predicted molar refractivity (Wildman–Crippen MR) is 68.3 cm³/mol. The van der Waals surface area contributed by atoms with Crippen LogP contribution in [0.4, 0.5) is 10.1 Å². The summed E-state index contributed by atoms with van der Waals surface area (Å²) in [6.45, 7) is 0. The Morgan fingerprint density at radius 3 is 2.62 bits per heavy atom. The van der Waals surface area contributed by atoms with Gasteiger partial charge < -0.3 is 10.6 Å². The average Bonchev–Trinajstić information content (AvgIpc) is 2.14. The average molecular weight is 238 g/mol. The Morgan fingerprint density at radius 2 is 2.19 bits per heavy atom. The highest BCUT2D eigenvalue weighted by atomic mass is 32.1. The molecule has 1 fully saturated rings. The Hall–Kier alpha value is -1.16. The minimum absolute atomic E-state index is 0.107. The molecule has 0 saturated heterocycles. The summed E-state index contributed by atoms with van der Waals surface area (Å²) in [6.07, 6.45) is 3.65. The number of benzene rings is 1. The van der Waals surface area contributed by atoms with Crippen LogP contribution in [-0.4, -0.2) is 18.1 Å². The van der Waals surface area contributed by atoms with Crippen LogP contribution in [0, 0.1) is 5.82 Å². The molecule has 4 heteroatoms. The molecule has 0 heterocycles. The topological polar surface area (TPSA) is 29.3 Å². The zero-order chi connectivity index (χ0) is 11.7. The SMILES string of the molecule is CN(c1ccc(C(N)=S)c(F)c1)C1CCC1. The molecule has 0 aromatic heterocycles. The van der Waals surface area contributed by atoms with Crippen LogP contribution in [0.25, 0.3) is 0 Å². The fourth-order valence-electron chi connectivity index (χ4n) is 1.91. The molecule has 1 aliphatic rings. The van der Waals surface area contributed by atoms with Gasteiger partial charge in [-0.3, -0.25) is 0 Å². The van der Waals surface area contributed by atoms with Crippen LogP contribution in [0.3, 0.4) is 0 Å². The van der Waals surface area contributed by atoms with Gasteiger partial charge in [0.05, 0.1) is 0 Å². The highest BCUT2D eigenvalue weighted by molar-refractivity contribution is 7.80. The first-order chi connectivity index (χ1) is 7.59. The molecule has 0 unspecified atom stereocenters. The summed E-state index contributed by atoms with van der Waals surface area (Å²) in [4.78, 5) is 2.23. The van der Waals surface area contributed by atoms with Crippen molar-refractivity contribution < 1.29 is 4.39 Å². The lowest BCUT2D eigenvalue weighted by Gasteiger charge is -2.36. The molecule has 0 radical (unpaired) electrons. The molecule has 0 atom stereocenters. The fraction of sp³-hybridized carbons (Fsp3) is 0.417. The Kier molecular flexibility index (Phi) is 3.10. The van der Waals surface area contributed by atoms with Crippen molar-refractivity contribution in [3.63, 3.8) is 0 Å². The Labute approximate surface area is 100 Å².